The quantitative estimate of drug-likeness (QED) is 0.586. The lowest BCUT2D eigenvalue weighted by Gasteiger charge is -2.05. The maximum atomic E-state index is 5.95. The van der Waals surface area contributed by atoms with Gasteiger partial charge >= 0.3 is 0 Å². The minimum atomic E-state index is 0.688. The van der Waals surface area contributed by atoms with Crippen molar-refractivity contribution >= 4 is 71.5 Å². The number of hydrogen-bond acceptors (Lipinski definition) is 3. The molecule has 6 heteroatoms. The Morgan fingerprint density at radius 2 is 1.79 bits per heavy atom. The molecule has 3 rings (SSSR count). The summed E-state index contributed by atoms with van der Waals surface area (Å²) in [5.41, 5.74) is 1.82. The second-order valence-corrected chi connectivity index (χ2v) is 6.64. The van der Waals surface area contributed by atoms with Gasteiger partial charge < -0.3 is 5.32 Å². The molecule has 3 aromatic rings. The number of hydrogen-bond donors (Lipinski definition) is 1. The molecule has 0 atom stereocenters. The van der Waals surface area contributed by atoms with Crippen LogP contribution < -0.4 is 5.32 Å². The van der Waals surface area contributed by atoms with Crippen LogP contribution in [-0.2, 0) is 0 Å². The number of aromatic nitrogens is 1. The molecule has 0 amide bonds. The summed E-state index contributed by atoms with van der Waals surface area (Å²) in [6, 6.07) is 11.3. The molecule has 0 fully saturated rings. The number of nitrogens with zero attached hydrogens (tertiary/aromatic N) is 1. The van der Waals surface area contributed by atoms with Crippen molar-refractivity contribution in [3.8, 4) is 0 Å². The van der Waals surface area contributed by atoms with E-state index in [2.05, 4.69) is 26.2 Å². The molecule has 0 unspecified atom stereocenters. The number of anilines is 2. The summed E-state index contributed by atoms with van der Waals surface area (Å²) in [6.45, 7) is 0. The molecule has 1 heterocycles. The Hall–Kier alpha value is -0.810. The molecular formula is C13H7BrCl2N2S. The third kappa shape index (κ3) is 2.87. The van der Waals surface area contributed by atoms with E-state index in [1.807, 2.05) is 36.4 Å². The van der Waals surface area contributed by atoms with Crippen LogP contribution in [0.5, 0.6) is 0 Å². The fourth-order valence-electron chi connectivity index (χ4n) is 1.66. The van der Waals surface area contributed by atoms with Gasteiger partial charge in [-0.3, -0.25) is 0 Å². The predicted octanol–water partition coefficient (Wildman–Crippen LogP) is 6.11. The van der Waals surface area contributed by atoms with Crippen molar-refractivity contribution < 1.29 is 0 Å². The van der Waals surface area contributed by atoms with Gasteiger partial charge in [0.15, 0.2) is 5.13 Å². The summed E-state index contributed by atoms with van der Waals surface area (Å²) in [5.74, 6) is 0. The smallest absolute Gasteiger partial charge is 0.188 e. The summed E-state index contributed by atoms with van der Waals surface area (Å²) in [4.78, 5) is 4.50. The summed E-state index contributed by atoms with van der Waals surface area (Å²) in [6.07, 6.45) is 0. The van der Waals surface area contributed by atoms with Crippen LogP contribution in [0.1, 0.15) is 0 Å². The molecule has 0 saturated heterocycles. The minimum Gasteiger partial charge on any atom is -0.331 e. The first kappa shape index (κ1) is 13.2. The Morgan fingerprint density at radius 1 is 1.05 bits per heavy atom. The molecule has 19 heavy (non-hydrogen) atoms. The molecule has 0 radical (unpaired) electrons. The zero-order valence-corrected chi connectivity index (χ0v) is 13.4. The van der Waals surface area contributed by atoms with Gasteiger partial charge in [-0.15, -0.1) is 0 Å². The highest BCUT2D eigenvalue weighted by Crippen LogP contribution is 2.33. The number of halogens is 3. The van der Waals surface area contributed by atoms with Crippen LogP contribution in [0.3, 0.4) is 0 Å². The molecule has 96 valence electrons. The Kier molecular flexibility index (Phi) is 3.67. The molecule has 0 saturated carbocycles. The van der Waals surface area contributed by atoms with E-state index in [9.17, 15) is 0 Å². The van der Waals surface area contributed by atoms with Crippen molar-refractivity contribution in [3.63, 3.8) is 0 Å². The molecule has 0 spiro atoms. The second kappa shape index (κ2) is 5.29. The van der Waals surface area contributed by atoms with Gasteiger partial charge in [0.1, 0.15) is 0 Å². The molecule has 1 N–H and O–H groups in total. The maximum absolute atomic E-state index is 5.95. The number of thiazole rings is 1. The van der Waals surface area contributed by atoms with Gasteiger partial charge in [-0.1, -0.05) is 34.5 Å². The van der Waals surface area contributed by atoms with Gasteiger partial charge in [-0.2, -0.15) is 0 Å². The molecule has 0 aliphatic carbocycles. The highest BCUT2D eigenvalue weighted by atomic mass is 79.9. The van der Waals surface area contributed by atoms with Crippen LogP contribution in [0, 0.1) is 0 Å². The van der Waals surface area contributed by atoms with E-state index in [4.69, 9.17) is 23.2 Å². The van der Waals surface area contributed by atoms with Gasteiger partial charge in [-0.05, 0) is 52.3 Å². The first-order valence-electron chi connectivity index (χ1n) is 5.40. The molecule has 0 bridgehead atoms. The third-order valence-electron chi connectivity index (χ3n) is 2.52. The van der Waals surface area contributed by atoms with E-state index in [0.717, 1.165) is 25.5 Å². The standard InChI is InChI=1S/C13H7BrCl2N2S/c14-9-5-7(15)1-3-10(9)17-13-18-11-6-8(16)2-4-12(11)19-13/h1-6H,(H,17,18). The van der Waals surface area contributed by atoms with Gasteiger partial charge in [0.2, 0.25) is 0 Å². The van der Waals surface area contributed by atoms with E-state index in [1.165, 1.54) is 0 Å². The highest BCUT2D eigenvalue weighted by molar-refractivity contribution is 9.10. The van der Waals surface area contributed by atoms with Crippen LogP contribution >= 0.6 is 50.5 Å². The number of nitrogens with one attached hydrogen (secondary N) is 1. The summed E-state index contributed by atoms with van der Waals surface area (Å²) < 4.78 is 1.99. The van der Waals surface area contributed by atoms with Crippen LogP contribution in [0.25, 0.3) is 10.2 Å². The molecule has 2 aromatic carbocycles. The number of fused-ring (bicyclic) bond motifs is 1. The SMILES string of the molecule is Clc1ccc(Nc2nc3cc(Cl)ccc3s2)c(Br)c1. The lowest BCUT2D eigenvalue weighted by atomic mass is 10.3. The van der Waals surface area contributed by atoms with Crippen LogP contribution in [0.4, 0.5) is 10.8 Å². The molecular weight excluding hydrogens is 367 g/mol. The summed E-state index contributed by atoms with van der Waals surface area (Å²) >= 11 is 16.9. The average molecular weight is 374 g/mol. The van der Waals surface area contributed by atoms with Gasteiger partial charge in [-0.25, -0.2) is 4.98 Å². The Balaban J connectivity index is 1.96. The zero-order valence-electron chi connectivity index (χ0n) is 9.45. The van der Waals surface area contributed by atoms with E-state index in [-0.39, 0.29) is 0 Å². The fraction of sp³-hybridized carbons (Fsp3) is 0. The van der Waals surface area contributed by atoms with Gasteiger partial charge in [0, 0.05) is 14.5 Å². The zero-order chi connectivity index (χ0) is 13.4. The van der Waals surface area contributed by atoms with Crippen molar-refractivity contribution in [2.24, 2.45) is 0 Å². The van der Waals surface area contributed by atoms with E-state index < -0.39 is 0 Å². The van der Waals surface area contributed by atoms with Crippen molar-refractivity contribution in [2.75, 3.05) is 5.32 Å². The Bertz CT molecular complexity index is 757. The Labute approximate surface area is 132 Å². The third-order valence-corrected chi connectivity index (χ3v) is 4.60. The first-order valence-corrected chi connectivity index (χ1v) is 7.76. The average Bonchev–Trinajstić information content (AvgIpc) is 2.74. The molecule has 0 aliphatic rings. The van der Waals surface area contributed by atoms with Gasteiger partial charge in [0.05, 0.1) is 15.9 Å². The topological polar surface area (TPSA) is 24.9 Å². The number of benzene rings is 2. The summed E-state index contributed by atoms with van der Waals surface area (Å²) in [5, 5.41) is 5.47. The van der Waals surface area contributed by atoms with Crippen molar-refractivity contribution in [1.82, 2.24) is 4.98 Å². The highest BCUT2D eigenvalue weighted by Gasteiger charge is 2.07. The molecule has 1 aromatic heterocycles. The van der Waals surface area contributed by atoms with E-state index in [1.54, 1.807) is 11.3 Å². The minimum absolute atomic E-state index is 0.688. The normalized spacial score (nSPS) is 10.9. The van der Waals surface area contributed by atoms with Crippen LogP contribution in [0.15, 0.2) is 40.9 Å². The molecule has 0 aliphatic heterocycles. The van der Waals surface area contributed by atoms with Crippen molar-refractivity contribution in [1.29, 1.82) is 0 Å². The lowest BCUT2D eigenvalue weighted by Crippen LogP contribution is -1.89. The van der Waals surface area contributed by atoms with Crippen LogP contribution in [0.2, 0.25) is 10.0 Å². The predicted molar refractivity (Wildman–Crippen MR) is 87.1 cm³/mol. The van der Waals surface area contributed by atoms with Crippen molar-refractivity contribution in [2.45, 2.75) is 0 Å². The van der Waals surface area contributed by atoms with Crippen molar-refractivity contribution in [3.05, 3.63) is 50.9 Å². The largest absolute Gasteiger partial charge is 0.331 e. The fourth-order valence-corrected chi connectivity index (χ4v) is 3.47. The molecule has 2 nitrogen and oxygen atoms in total. The number of rotatable bonds is 2. The van der Waals surface area contributed by atoms with Gasteiger partial charge in [0.25, 0.3) is 0 Å². The lowest BCUT2D eigenvalue weighted by molar-refractivity contribution is 1.43. The second-order valence-electron chi connectivity index (χ2n) is 3.88. The van der Waals surface area contributed by atoms with E-state index in [0.29, 0.717) is 10.0 Å². The Morgan fingerprint density at radius 3 is 2.58 bits per heavy atom. The van der Waals surface area contributed by atoms with Crippen LogP contribution in [-0.4, -0.2) is 4.98 Å². The summed E-state index contributed by atoms with van der Waals surface area (Å²) in [7, 11) is 0. The maximum Gasteiger partial charge on any atom is 0.188 e. The van der Waals surface area contributed by atoms with E-state index >= 15 is 0 Å². The monoisotopic (exact) mass is 372 g/mol. The first-order chi connectivity index (χ1) is 9.11.